The molecule has 1 aromatic heterocycles. The van der Waals surface area contributed by atoms with Gasteiger partial charge in [0.15, 0.2) is 0 Å². The Morgan fingerprint density at radius 1 is 1.27 bits per heavy atom. The van der Waals surface area contributed by atoms with Gasteiger partial charge in [-0.1, -0.05) is 13.8 Å². The van der Waals surface area contributed by atoms with Gasteiger partial charge in [0.2, 0.25) is 5.91 Å². The first-order valence-corrected chi connectivity index (χ1v) is 10.3. The summed E-state index contributed by atoms with van der Waals surface area (Å²) in [5, 5.41) is 8.59. The second kappa shape index (κ2) is 7.67. The molecule has 2 aliphatic heterocycles. The summed E-state index contributed by atoms with van der Waals surface area (Å²) >= 11 is 0. The van der Waals surface area contributed by atoms with E-state index in [-0.39, 0.29) is 11.3 Å². The van der Waals surface area contributed by atoms with E-state index >= 15 is 0 Å². The zero-order valence-corrected chi connectivity index (χ0v) is 17.1. The van der Waals surface area contributed by atoms with Crippen LogP contribution in [-0.4, -0.2) is 62.7 Å². The summed E-state index contributed by atoms with van der Waals surface area (Å²) < 4.78 is 2.08. The minimum atomic E-state index is 0.189. The van der Waals surface area contributed by atoms with E-state index in [1.54, 1.807) is 0 Å². The van der Waals surface area contributed by atoms with Gasteiger partial charge in [0.1, 0.15) is 12.2 Å². The van der Waals surface area contributed by atoms with Crippen molar-refractivity contribution in [2.45, 2.75) is 65.3 Å². The summed E-state index contributed by atoms with van der Waals surface area (Å²) in [6, 6.07) is 0.536. The van der Waals surface area contributed by atoms with Crippen LogP contribution in [0.25, 0.3) is 0 Å². The zero-order valence-electron chi connectivity index (χ0n) is 17.1. The molecule has 1 amide bonds. The molecule has 0 aliphatic carbocycles. The van der Waals surface area contributed by atoms with Gasteiger partial charge in [-0.25, -0.2) is 0 Å². The normalized spacial score (nSPS) is 23.5. The van der Waals surface area contributed by atoms with Crippen LogP contribution in [0.5, 0.6) is 0 Å². The van der Waals surface area contributed by atoms with Crippen molar-refractivity contribution in [3.05, 3.63) is 12.2 Å². The molecular formula is C20H35N5O. The first kappa shape index (κ1) is 19.3. The van der Waals surface area contributed by atoms with E-state index in [2.05, 4.69) is 52.3 Å². The monoisotopic (exact) mass is 361 g/mol. The van der Waals surface area contributed by atoms with Crippen LogP contribution < -0.4 is 0 Å². The molecule has 0 N–H and O–H groups in total. The number of hydrogen-bond acceptors (Lipinski definition) is 4. The molecule has 26 heavy (non-hydrogen) atoms. The maximum Gasteiger partial charge on any atom is 0.225 e. The molecule has 2 saturated heterocycles. The number of amides is 1. The fourth-order valence-electron chi connectivity index (χ4n) is 4.94. The first-order valence-electron chi connectivity index (χ1n) is 10.3. The molecular weight excluding hydrogens is 326 g/mol. The van der Waals surface area contributed by atoms with Crippen molar-refractivity contribution in [3.8, 4) is 0 Å². The van der Waals surface area contributed by atoms with Crippen molar-refractivity contribution in [1.29, 1.82) is 0 Å². The second-order valence-corrected chi connectivity index (χ2v) is 8.58. The predicted molar refractivity (Wildman–Crippen MR) is 103 cm³/mol. The van der Waals surface area contributed by atoms with Crippen molar-refractivity contribution in [3.63, 3.8) is 0 Å². The summed E-state index contributed by atoms with van der Waals surface area (Å²) in [7, 11) is 2.05. The highest BCUT2D eigenvalue weighted by atomic mass is 16.2. The van der Waals surface area contributed by atoms with Gasteiger partial charge >= 0.3 is 0 Å². The maximum atomic E-state index is 12.8. The van der Waals surface area contributed by atoms with Gasteiger partial charge in [0, 0.05) is 51.1 Å². The molecule has 3 rings (SSSR count). The van der Waals surface area contributed by atoms with Gasteiger partial charge in [-0.05, 0) is 44.9 Å². The Hall–Kier alpha value is -1.43. The molecule has 0 radical (unpaired) electrons. The lowest BCUT2D eigenvalue weighted by atomic mass is 9.70. The molecule has 0 bridgehead atoms. The van der Waals surface area contributed by atoms with Crippen LogP contribution in [0.15, 0.2) is 6.33 Å². The van der Waals surface area contributed by atoms with Crippen molar-refractivity contribution < 1.29 is 4.79 Å². The van der Waals surface area contributed by atoms with Crippen LogP contribution in [0.3, 0.4) is 0 Å². The van der Waals surface area contributed by atoms with Gasteiger partial charge in [0.05, 0.1) is 0 Å². The number of likely N-dealkylation sites (tertiary alicyclic amines) is 2. The van der Waals surface area contributed by atoms with Gasteiger partial charge < -0.3 is 9.47 Å². The van der Waals surface area contributed by atoms with Crippen LogP contribution in [-0.2, 0) is 11.8 Å². The topological polar surface area (TPSA) is 54.3 Å². The number of nitrogens with zero attached hydrogens (tertiary/aromatic N) is 5. The minimum absolute atomic E-state index is 0.189. The number of aryl methyl sites for hydroxylation is 1. The van der Waals surface area contributed by atoms with Crippen molar-refractivity contribution in [1.82, 2.24) is 24.6 Å². The van der Waals surface area contributed by atoms with E-state index in [1.165, 1.54) is 0 Å². The second-order valence-electron chi connectivity index (χ2n) is 8.58. The Morgan fingerprint density at radius 2 is 1.92 bits per heavy atom. The van der Waals surface area contributed by atoms with E-state index in [0.29, 0.717) is 17.9 Å². The third-order valence-electron chi connectivity index (χ3n) is 6.87. The molecule has 1 spiro atoms. The molecule has 3 heterocycles. The van der Waals surface area contributed by atoms with E-state index in [9.17, 15) is 4.79 Å². The summed E-state index contributed by atoms with van der Waals surface area (Å²) in [6.07, 6.45) is 5.84. The lowest BCUT2D eigenvalue weighted by Gasteiger charge is -2.43. The van der Waals surface area contributed by atoms with E-state index in [0.717, 1.165) is 57.7 Å². The fraction of sp³-hybridized carbons (Fsp3) is 0.850. The molecule has 6 heteroatoms. The summed E-state index contributed by atoms with van der Waals surface area (Å²) in [6.45, 7) is 12.7. The molecule has 0 aromatic carbocycles. The fourth-order valence-corrected chi connectivity index (χ4v) is 4.94. The lowest BCUT2D eigenvalue weighted by molar-refractivity contribution is -0.138. The Bertz CT molecular complexity index is 613. The van der Waals surface area contributed by atoms with Crippen molar-refractivity contribution in [2.75, 3.05) is 26.2 Å². The highest BCUT2D eigenvalue weighted by Gasteiger charge is 2.51. The predicted octanol–water partition coefficient (Wildman–Crippen LogP) is 2.67. The largest absolute Gasteiger partial charge is 0.342 e. The number of rotatable bonds is 5. The van der Waals surface area contributed by atoms with E-state index in [1.807, 2.05) is 13.4 Å². The van der Waals surface area contributed by atoms with Crippen molar-refractivity contribution >= 4 is 5.91 Å². The molecule has 6 nitrogen and oxygen atoms in total. The summed E-state index contributed by atoms with van der Waals surface area (Å²) in [4.78, 5) is 17.5. The Morgan fingerprint density at radius 3 is 2.42 bits per heavy atom. The summed E-state index contributed by atoms with van der Waals surface area (Å²) in [5.74, 6) is 2.06. The minimum Gasteiger partial charge on any atom is -0.342 e. The molecule has 2 aliphatic rings. The third kappa shape index (κ3) is 3.40. The van der Waals surface area contributed by atoms with E-state index in [4.69, 9.17) is 0 Å². The zero-order chi connectivity index (χ0) is 18.9. The number of piperidine rings is 1. The number of aromatic nitrogens is 3. The molecule has 0 saturated carbocycles. The SMILES string of the molecule is CCC(CC)C(=O)N1CCC2(CC1)CN(C(C)C)CC2c1nncn1C. The Balaban J connectivity index is 1.78. The number of hydrogen-bond donors (Lipinski definition) is 0. The van der Waals surface area contributed by atoms with Crippen LogP contribution in [0.1, 0.15) is 65.1 Å². The highest BCUT2D eigenvalue weighted by molar-refractivity contribution is 5.78. The standard InChI is InChI=1S/C20H35N5O/c1-6-16(7-2)19(26)24-10-8-20(9-11-24)13-25(15(3)4)12-17(20)18-22-21-14-23(18)5/h14-17H,6-13H2,1-5H3. The smallest absolute Gasteiger partial charge is 0.225 e. The van der Waals surface area contributed by atoms with Crippen LogP contribution in [0.4, 0.5) is 0 Å². The lowest BCUT2D eigenvalue weighted by Crippen LogP contribution is -2.48. The van der Waals surface area contributed by atoms with Gasteiger partial charge in [-0.2, -0.15) is 0 Å². The van der Waals surface area contributed by atoms with E-state index < -0.39 is 0 Å². The van der Waals surface area contributed by atoms with Crippen LogP contribution in [0, 0.1) is 11.3 Å². The Labute approximate surface area is 157 Å². The van der Waals surface area contributed by atoms with Crippen molar-refractivity contribution in [2.24, 2.45) is 18.4 Å². The van der Waals surface area contributed by atoms with Gasteiger partial charge in [-0.15, -0.1) is 10.2 Å². The molecule has 1 aromatic rings. The molecule has 146 valence electrons. The van der Waals surface area contributed by atoms with Crippen LogP contribution >= 0.6 is 0 Å². The summed E-state index contributed by atoms with van der Waals surface area (Å²) in [5.41, 5.74) is 0.218. The van der Waals surface area contributed by atoms with Crippen LogP contribution in [0.2, 0.25) is 0 Å². The average Bonchev–Trinajstić information content (AvgIpc) is 3.20. The molecule has 2 fully saturated rings. The number of carbonyl (C=O) groups excluding carboxylic acids is 1. The molecule has 1 unspecified atom stereocenters. The maximum absolute atomic E-state index is 12.8. The van der Waals surface area contributed by atoms with Gasteiger partial charge in [-0.3, -0.25) is 9.69 Å². The molecule has 1 atom stereocenters. The van der Waals surface area contributed by atoms with Gasteiger partial charge in [0.25, 0.3) is 0 Å². The quantitative estimate of drug-likeness (QED) is 0.809. The first-order chi connectivity index (χ1) is 12.4. The average molecular weight is 362 g/mol. The Kier molecular flexibility index (Phi) is 5.70. The highest BCUT2D eigenvalue weighted by Crippen LogP contribution is 2.49. The number of carbonyl (C=O) groups is 1. The third-order valence-corrected chi connectivity index (χ3v) is 6.87.